The molecule has 5 nitrogen and oxygen atoms in total. The van der Waals surface area contributed by atoms with Gasteiger partial charge >= 0.3 is 0 Å². The molecule has 3 aromatic rings. The summed E-state index contributed by atoms with van der Waals surface area (Å²) in [5.41, 5.74) is 2.45. The number of benzene rings is 2. The third kappa shape index (κ3) is 2.93. The van der Waals surface area contributed by atoms with Crippen molar-refractivity contribution in [3.05, 3.63) is 54.3 Å². The number of carbonyl (C=O) groups excluding carboxylic acids is 1. The van der Waals surface area contributed by atoms with E-state index >= 15 is 0 Å². The maximum atomic E-state index is 12.7. The summed E-state index contributed by atoms with van der Waals surface area (Å²) in [5, 5.41) is 3.83. The van der Waals surface area contributed by atoms with Crippen molar-refractivity contribution in [1.29, 1.82) is 0 Å². The molecule has 0 atom stereocenters. The van der Waals surface area contributed by atoms with Gasteiger partial charge in [0.2, 0.25) is 0 Å². The van der Waals surface area contributed by atoms with Crippen molar-refractivity contribution in [1.82, 2.24) is 0 Å². The van der Waals surface area contributed by atoms with Crippen molar-refractivity contribution in [3.63, 3.8) is 0 Å². The summed E-state index contributed by atoms with van der Waals surface area (Å²) < 4.78 is 11.0. The monoisotopic (exact) mass is 336 g/mol. The Morgan fingerprint density at radius 3 is 2.72 bits per heavy atom. The molecule has 1 fully saturated rings. The van der Waals surface area contributed by atoms with Crippen LogP contribution in [0.1, 0.15) is 23.4 Å². The van der Waals surface area contributed by atoms with Gasteiger partial charge in [0.15, 0.2) is 17.1 Å². The topological polar surface area (TPSA) is 54.7 Å². The van der Waals surface area contributed by atoms with E-state index in [-0.39, 0.29) is 11.7 Å². The zero-order valence-corrected chi connectivity index (χ0v) is 14.1. The number of hydrogen-bond donors (Lipinski definition) is 1. The number of para-hydroxylation sites is 3. The third-order valence-electron chi connectivity index (χ3n) is 4.55. The van der Waals surface area contributed by atoms with Gasteiger partial charge in [-0.3, -0.25) is 4.79 Å². The molecule has 1 N–H and O–H groups in total. The van der Waals surface area contributed by atoms with Crippen LogP contribution >= 0.6 is 0 Å². The van der Waals surface area contributed by atoms with E-state index in [1.807, 2.05) is 42.5 Å². The highest BCUT2D eigenvalue weighted by molar-refractivity contribution is 6.06. The molecule has 2 aromatic carbocycles. The highest BCUT2D eigenvalue weighted by atomic mass is 16.5. The summed E-state index contributed by atoms with van der Waals surface area (Å²) in [5.74, 6) is 0.634. The van der Waals surface area contributed by atoms with Gasteiger partial charge in [0.25, 0.3) is 5.91 Å². The summed E-state index contributed by atoms with van der Waals surface area (Å²) >= 11 is 0. The first-order valence-corrected chi connectivity index (χ1v) is 8.48. The number of nitrogens with one attached hydrogen (secondary N) is 1. The molecular weight excluding hydrogens is 316 g/mol. The molecule has 0 spiro atoms. The van der Waals surface area contributed by atoms with Gasteiger partial charge in [0, 0.05) is 18.5 Å². The molecule has 25 heavy (non-hydrogen) atoms. The SMILES string of the molecule is COc1cccc2cc(C(=O)Nc3ccccc3N3CCCC3)oc12. The van der Waals surface area contributed by atoms with Crippen molar-refractivity contribution in [3.8, 4) is 5.75 Å². The summed E-state index contributed by atoms with van der Waals surface area (Å²) in [4.78, 5) is 15.0. The first kappa shape index (κ1) is 15.6. The van der Waals surface area contributed by atoms with Crippen LogP contribution in [0.5, 0.6) is 5.75 Å². The van der Waals surface area contributed by atoms with Crippen molar-refractivity contribution < 1.29 is 13.9 Å². The number of methoxy groups -OCH3 is 1. The minimum atomic E-state index is -0.259. The first-order chi connectivity index (χ1) is 12.3. The Kier molecular flexibility index (Phi) is 4.06. The second kappa shape index (κ2) is 6.51. The molecule has 0 radical (unpaired) electrons. The van der Waals surface area contributed by atoms with Crippen LogP contribution in [-0.4, -0.2) is 26.1 Å². The molecule has 0 bridgehead atoms. The molecule has 128 valence electrons. The molecule has 0 aliphatic carbocycles. The predicted molar refractivity (Wildman–Crippen MR) is 98.6 cm³/mol. The minimum absolute atomic E-state index is 0.259. The Morgan fingerprint density at radius 1 is 1.12 bits per heavy atom. The van der Waals surface area contributed by atoms with Crippen LogP contribution < -0.4 is 15.0 Å². The number of anilines is 2. The quantitative estimate of drug-likeness (QED) is 0.772. The number of hydrogen-bond acceptors (Lipinski definition) is 4. The zero-order valence-electron chi connectivity index (χ0n) is 14.1. The number of carbonyl (C=O) groups is 1. The van der Waals surface area contributed by atoms with Gasteiger partial charge in [0.05, 0.1) is 18.5 Å². The standard InChI is InChI=1S/C20H20N2O3/c1-24-17-10-6-7-14-13-18(25-19(14)17)20(23)21-15-8-2-3-9-16(15)22-11-4-5-12-22/h2-3,6-10,13H,4-5,11-12H2,1H3,(H,21,23). The molecule has 4 rings (SSSR count). The van der Waals surface area contributed by atoms with Crippen molar-refractivity contribution >= 4 is 28.3 Å². The zero-order chi connectivity index (χ0) is 17.2. The van der Waals surface area contributed by atoms with E-state index in [9.17, 15) is 4.79 Å². The molecule has 1 aliphatic rings. The maximum Gasteiger partial charge on any atom is 0.291 e. The average Bonchev–Trinajstić information content (AvgIpc) is 3.31. The first-order valence-electron chi connectivity index (χ1n) is 8.48. The van der Waals surface area contributed by atoms with E-state index in [0.717, 1.165) is 29.9 Å². The van der Waals surface area contributed by atoms with Crippen LogP contribution in [-0.2, 0) is 0 Å². The van der Waals surface area contributed by atoms with Gasteiger partial charge in [-0.2, -0.15) is 0 Å². The molecular formula is C20H20N2O3. The molecule has 2 heterocycles. The summed E-state index contributed by atoms with van der Waals surface area (Å²) in [6.45, 7) is 2.05. The fourth-order valence-electron chi connectivity index (χ4n) is 3.31. The largest absolute Gasteiger partial charge is 0.493 e. The number of furan rings is 1. The highest BCUT2D eigenvalue weighted by Gasteiger charge is 2.19. The van der Waals surface area contributed by atoms with Crippen molar-refractivity contribution in [2.75, 3.05) is 30.4 Å². The number of ether oxygens (including phenoxy) is 1. The normalized spacial score (nSPS) is 14.0. The number of nitrogens with zero attached hydrogens (tertiary/aromatic N) is 1. The lowest BCUT2D eigenvalue weighted by atomic mass is 10.2. The molecule has 0 unspecified atom stereocenters. The van der Waals surface area contributed by atoms with Crippen LogP contribution in [0, 0.1) is 0 Å². The van der Waals surface area contributed by atoms with Gasteiger partial charge in [-0.25, -0.2) is 0 Å². The summed E-state index contributed by atoms with van der Waals surface area (Å²) in [7, 11) is 1.59. The van der Waals surface area contributed by atoms with Crippen LogP contribution in [0.3, 0.4) is 0 Å². The van der Waals surface area contributed by atoms with Gasteiger partial charge in [0.1, 0.15) is 0 Å². The van der Waals surface area contributed by atoms with E-state index in [2.05, 4.69) is 10.2 Å². The molecule has 1 aromatic heterocycles. The second-order valence-corrected chi connectivity index (χ2v) is 6.15. The van der Waals surface area contributed by atoms with Crippen molar-refractivity contribution in [2.45, 2.75) is 12.8 Å². The number of fused-ring (bicyclic) bond motifs is 1. The number of rotatable bonds is 4. The van der Waals surface area contributed by atoms with E-state index < -0.39 is 0 Å². The smallest absolute Gasteiger partial charge is 0.291 e. The summed E-state index contributed by atoms with van der Waals surface area (Å²) in [6.07, 6.45) is 2.37. The molecule has 1 aliphatic heterocycles. The highest BCUT2D eigenvalue weighted by Crippen LogP contribution is 2.31. The molecule has 1 amide bonds. The molecule has 0 saturated carbocycles. The van der Waals surface area contributed by atoms with E-state index in [1.165, 1.54) is 12.8 Å². The van der Waals surface area contributed by atoms with Crippen molar-refractivity contribution in [2.24, 2.45) is 0 Å². The Labute approximate surface area is 146 Å². The second-order valence-electron chi connectivity index (χ2n) is 6.15. The lowest BCUT2D eigenvalue weighted by Gasteiger charge is -2.21. The van der Waals surface area contributed by atoms with Crippen LogP contribution in [0.4, 0.5) is 11.4 Å². The van der Waals surface area contributed by atoms with Gasteiger partial charge < -0.3 is 19.4 Å². The third-order valence-corrected chi connectivity index (χ3v) is 4.55. The predicted octanol–water partition coefficient (Wildman–Crippen LogP) is 4.29. The lowest BCUT2D eigenvalue weighted by molar-refractivity contribution is 0.0998. The Balaban J connectivity index is 1.62. The number of amides is 1. The van der Waals surface area contributed by atoms with E-state index in [1.54, 1.807) is 13.2 Å². The maximum absolute atomic E-state index is 12.7. The van der Waals surface area contributed by atoms with Crippen LogP contribution in [0.2, 0.25) is 0 Å². The summed E-state index contributed by atoms with van der Waals surface area (Å²) in [6, 6.07) is 15.2. The lowest BCUT2D eigenvalue weighted by Crippen LogP contribution is -2.20. The minimum Gasteiger partial charge on any atom is -0.493 e. The van der Waals surface area contributed by atoms with Gasteiger partial charge in [-0.05, 0) is 37.1 Å². The van der Waals surface area contributed by atoms with Crippen LogP contribution in [0.15, 0.2) is 52.9 Å². The Morgan fingerprint density at radius 2 is 1.92 bits per heavy atom. The van der Waals surface area contributed by atoms with Crippen LogP contribution in [0.25, 0.3) is 11.0 Å². The fourth-order valence-corrected chi connectivity index (χ4v) is 3.31. The van der Waals surface area contributed by atoms with E-state index in [4.69, 9.17) is 9.15 Å². The fraction of sp³-hybridized carbons (Fsp3) is 0.250. The van der Waals surface area contributed by atoms with E-state index in [0.29, 0.717) is 11.3 Å². The van der Waals surface area contributed by atoms with Gasteiger partial charge in [-0.1, -0.05) is 24.3 Å². The Bertz CT molecular complexity index is 910. The van der Waals surface area contributed by atoms with Gasteiger partial charge in [-0.15, -0.1) is 0 Å². The Hall–Kier alpha value is -2.95. The molecule has 1 saturated heterocycles. The molecule has 5 heteroatoms. The average molecular weight is 336 g/mol.